The molecule has 2 aromatic rings. The number of aromatic nitrogens is 2. The number of nitrogens with two attached hydrogens (primary N) is 1. The molecule has 0 aliphatic rings. The average molecular weight is 262 g/mol. The second kappa shape index (κ2) is 4.83. The summed E-state index contributed by atoms with van der Waals surface area (Å²) in [5, 5.41) is 8.61. The van der Waals surface area contributed by atoms with Crippen molar-refractivity contribution in [3.05, 3.63) is 29.6 Å². The van der Waals surface area contributed by atoms with Gasteiger partial charge in [0.15, 0.2) is 0 Å². The van der Waals surface area contributed by atoms with Crippen molar-refractivity contribution in [2.75, 3.05) is 5.32 Å². The minimum absolute atomic E-state index is 0.217. The van der Waals surface area contributed by atoms with Gasteiger partial charge in [-0.2, -0.15) is 0 Å². The Morgan fingerprint density at radius 1 is 1.33 bits per heavy atom. The molecule has 1 aromatic carbocycles. The minimum Gasteiger partial charge on any atom is -0.325 e. The highest BCUT2D eigenvalue weighted by atomic mass is 32.1. The number of benzene rings is 1. The maximum Gasteiger partial charge on any atom is 0.243 e. The first kappa shape index (κ1) is 12.7. The average Bonchev–Trinajstić information content (AvgIpc) is 2.82. The first-order valence-electron chi connectivity index (χ1n) is 5.44. The van der Waals surface area contributed by atoms with Gasteiger partial charge in [-0.1, -0.05) is 16.6 Å². The number of rotatable bonds is 3. The molecule has 0 aliphatic heterocycles. The van der Waals surface area contributed by atoms with E-state index in [0.29, 0.717) is 5.69 Å². The highest BCUT2D eigenvalue weighted by Gasteiger charge is 2.21. The molecule has 0 unspecified atom stereocenters. The van der Waals surface area contributed by atoms with Crippen LogP contribution in [0.5, 0.6) is 0 Å². The second-order valence-corrected chi connectivity index (χ2v) is 5.15. The highest BCUT2D eigenvalue weighted by Crippen LogP contribution is 2.20. The van der Waals surface area contributed by atoms with Crippen LogP contribution < -0.4 is 11.1 Å². The van der Waals surface area contributed by atoms with Gasteiger partial charge < -0.3 is 11.1 Å². The number of amides is 1. The van der Waals surface area contributed by atoms with E-state index in [-0.39, 0.29) is 5.91 Å². The zero-order chi connectivity index (χ0) is 13.2. The van der Waals surface area contributed by atoms with Crippen LogP contribution in [0.1, 0.15) is 13.8 Å². The van der Waals surface area contributed by atoms with E-state index < -0.39 is 5.54 Å². The Bertz CT molecular complexity index is 528. The zero-order valence-electron chi connectivity index (χ0n) is 10.2. The molecule has 0 atom stereocenters. The Morgan fingerprint density at radius 2 is 2.00 bits per heavy atom. The molecule has 5 nitrogen and oxygen atoms in total. The van der Waals surface area contributed by atoms with Crippen LogP contribution in [-0.4, -0.2) is 21.0 Å². The quantitative estimate of drug-likeness (QED) is 0.885. The van der Waals surface area contributed by atoms with E-state index >= 15 is 0 Å². The van der Waals surface area contributed by atoms with Gasteiger partial charge in [0.2, 0.25) is 5.91 Å². The van der Waals surface area contributed by atoms with Gasteiger partial charge >= 0.3 is 0 Å². The summed E-state index contributed by atoms with van der Waals surface area (Å²) < 4.78 is 3.81. The van der Waals surface area contributed by atoms with Crippen molar-refractivity contribution in [2.45, 2.75) is 19.4 Å². The predicted molar refractivity (Wildman–Crippen MR) is 72.2 cm³/mol. The first-order valence-corrected chi connectivity index (χ1v) is 6.28. The van der Waals surface area contributed by atoms with E-state index in [2.05, 4.69) is 14.9 Å². The summed E-state index contributed by atoms with van der Waals surface area (Å²) in [5.41, 5.74) is 7.32. The summed E-state index contributed by atoms with van der Waals surface area (Å²) in [6.45, 7) is 3.33. The number of nitrogens with one attached hydrogen (secondary N) is 1. The highest BCUT2D eigenvalue weighted by molar-refractivity contribution is 7.03. The molecule has 2 rings (SSSR count). The summed E-state index contributed by atoms with van der Waals surface area (Å²) in [6.07, 6.45) is 0. The lowest BCUT2D eigenvalue weighted by atomic mass is 10.1. The third-order valence-electron chi connectivity index (χ3n) is 2.38. The second-order valence-electron chi connectivity index (χ2n) is 4.54. The van der Waals surface area contributed by atoms with E-state index in [9.17, 15) is 4.79 Å². The molecule has 0 spiro atoms. The molecule has 3 N–H and O–H groups in total. The van der Waals surface area contributed by atoms with Crippen molar-refractivity contribution in [1.29, 1.82) is 0 Å². The van der Waals surface area contributed by atoms with Gasteiger partial charge in [-0.15, -0.1) is 5.10 Å². The molecule has 1 amide bonds. The fraction of sp³-hybridized carbons (Fsp3) is 0.250. The molecule has 0 saturated carbocycles. The van der Waals surface area contributed by atoms with Crippen LogP contribution in [-0.2, 0) is 4.79 Å². The van der Waals surface area contributed by atoms with Crippen molar-refractivity contribution in [3.63, 3.8) is 0 Å². The Morgan fingerprint density at radius 3 is 2.50 bits per heavy atom. The number of carbonyl (C=O) groups excluding carboxylic acids is 1. The Hall–Kier alpha value is -1.79. The lowest BCUT2D eigenvalue weighted by molar-refractivity contribution is -0.120. The van der Waals surface area contributed by atoms with Crippen molar-refractivity contribution in [2.24, 2.45) is 5.73 Å². The fourth-order valence-corrected chi connectivity index (χ4v) is 1.77. The molecule has 1 aromatic heterocycles. The van der Waals surface area contributed by atoms with E-state index in [1.807, 2.05) is 29.6 Å². The van der Waals surface area contributed by atoms with Gasteiger partial charge in [-0.3, -0.25) is 4.79 Å². The van der Waals surface area contributed by atoms with E-state index in [1.165, 1.54) is 11.5 Å². The molecular formula is C12H14N4OS. The van der Waals surface area contributed by atoms with Crippen molar-refractivity contribution >= 4 is 23.1 Å². The molecule has 6 heteroatoms. The smallest absolute Gasteiger partial charge is 0.243 e. The molecule has 18 heavy (non-hydrogen) atoms. The monoisotopic (exact) mass is 262 g/mol. The van der Waals surface area contributed by atoms with Crippen LogP contribution in [0.3, 0.4) is 0 Å². The number of nitrogens with zero attached hydrogens (tertiary/aromatic N) is 2. The molecule has 0 fully saturated rings. The van der Waals surface area contributed by atoms with Gasteiger partial charge in [-0.05, 0) is 37.5 Å². The molecule has 0 aliphatic carbocycles. The molecule has 0 saturated heterocycles. The standard InChI is InChI=1S/C12H14N4OS/c1-12(2,13)11(17)14-9-5-3-8(4-6-9)10-7-18-16-15-10/h3-7H,13H2,1-2H3,(H,14,17). The summed E-state index contributed by atoms with van der Waals surface area (Å²) in [6, 6.07) is 7.41. The molecular weight excluding hydrogens is 248 g/mol. The summed E-state index contributed by atoms with van der Waals surface area (Å²) in [4.78, 5) is 11.7. The van der Waals surface area contributed by atoms with Crippen LogP contribution in [0.4, 0.5) is 5.69 Å². The van der Waals surface area contributed by atoms with Gasteiger partial charge in [0.25, 0.3) is 0 Å². The minimum atomic E-state index is -0.891. The number of anilines is 1. The van der Waals surface area contributed by atoms with Crippen LogP contribution in [0.2, 0.25) is 0 Å². The van der Waals surface area contributed by atoms with Crippen LogP contribution in [0.25, 0.3) is 11.3 Å². The largest absolute Gasteiger partial charge is 0.325 e. The van der Waals surface area contributed by atoms with Gasteiger partial charge in [-0.25, -0.2) is 0 Å². The molecule has 94 valence electrons. The van der Waals surface area contributed by atoms with E-state index in [4.69, 9.17) is 5.73 Å². The van der Waals surface area contributed by atoms with Crippen molar-refractivity contribution in [1.82, 2.24) is 9.59 Å². The lowest BCUT2D eigenvalue weighted by Gasteiger charge is -2.17. The van der Waals surface area contributed by atoms with Crippen LogP contribution in [0, 0.1) is 0 Å². The van der Waals surface area contributed by atoms with Gasteiger partial charge in [0.05, 0.1) is 5.54 Å². The van der Waals surface area contributed by atoms with Gasteiger partial charge in [0, 0.05) is 16.6 Å². The Kier molecular flexibility index (Phi) is 3.40. The first-order chi connectivity index (χ1) is 8.47. The number of carbonyl (C=O) groups is 1. The van der Waals surface area contributed by atoms with E-state index in [1.54, 1.807) is 13.8 Å². The SMILES string of the molecule is CC(C)(N)C(=O)Nc1ccc(-c2csnn2)cc1. The maximum absolute atomic E-state index is 11.7. The summed E-state index contributed by atoms with van der Waals surface area (Å²) >= 11 is 1.31. The predicted octanol–water partition coefficient (Wildman–Crippen LogP) is 1.88. The third-order valence-corrected chi connectivity index (χ3v) is 2.89. The normalized spacial score (nSPS) is 11.3. The van der Waals surface area contributed by atoms with Crippen molar-refractivity contribution < 1.29 is 4.79 Å². The number of hydrogen-bond acceptors (Lipinski definition) is 5. The third kappa shape index (κ3) is 2.91. The summed E-state index contributed by atoms with van der Waals surface area (Å²) in [7, 11) is 0. The van der Waals surface area contributed by atoms with Crippen LogP contribution in [0.15, 0.2) is 29.6 Å². The van der Waals surface area contributed by atoms with Crippen LogP contribution >= 0.6 is 11.5 Å². The number of hydrogen-bond donors (Lipinski definition) is 2. The molecule has 1 heterocycles. The van der Waals surface area contributed by atoms with E-state index in [0.717, 1.165) is 11.3 Å². The van der Waals surface area contributed by atoms with Gasteiger partial charge in [0.1, 0.15) is 5.69 Å². The Labute approximate surface area is 109 Å². The Balaban J connectivity index is 2.12. The lowest BCUT2D eigenvalue weighted by Crippen LogP contribution is -2.45. The molecule has 0 bridgehead atoms. The summed E-state index contributed by atoms with van der Waals surface area (Å²) in [5.74, 6) is -0.217. The topological polar surface area (TPSA) is 80.9 Å². The van der Waals surface area contributed by atoms with Crippen molar-refractivity contribution in [3.8, 4) is 11.3 Å². The molecule has 0 radical (unpaired) electrons. The fourth-order valence-electron chi connectivity index (χ4n) is 1.31. The zero-order valence-corrected chi connectivity index (χ0v) is 11.0. The maximum atomic E-state index is 11.7.